The first kappa shape index (κ1) is 34.9. The van der Waals surface area contributed by atoms with Crippen LogP contribution in [0.2, 0.25) is 0 Å². The van der Waals surface area contributed by atoms with E-state index in [1.54, 1.807) is 23.5 Å². The van der Waals surface area contributed by atoms with Gasteiger partial charge in [-0.15, -0.1) is 0 Å². The summed E-state index contributed by atoms with van der Waals surface area (Å²) < 4.78 is 25.9. The van der Waals surface area contributed by atoms with Crippen molar-refractivity contribution >= 4 is 53.6 Å². The number of carbonyl (C=O) groups excluding carboxylic acids is 5. The van der Waals surface area contributed by atoms with Crippen molar-refractivity contribution in [3.05, 3.63) is 36.5 Å². The topological polar surface area (TPSA) is 156 Å². The molecule has 1 aliphatic rings. The predicted octanol–water partition coefficient (Wildman–Crippen LogP) is 2.63. The molecule has 0 unspecified atom stereocenters. The van der Waals surface area contributed by atoms with Gasteiger partial charge in [-0.3, -0.25) is 4.79 Å². The van der Waals surface area contributed by atoms with Crippen molar-refractivity contribution in [1.82, 2.24) is 10.6 Å². The maximum Gasteiger partial charge on any atom is 0.407 e. The molecule has 40 heavy (non-hydrogen) atoms. The van der Waals surface area contributed by atoms with Crippen LogP contribution in [0, 0.1) is 5.41 Å². The minimum absolute atomic E-state index is 0.0321. The molecule has 12 nitrogen and oxygen atoms in total. The molecule has 0 spiro atoms. The highest BCUT2D eigenvalue weighted by Gasteiger charge is 2.40. The van der Waals surface area contributed by atoms with Crippen LogP contribution in [0.4, 0.5) is 9.59 Å². The van der Waals surface area contributed by atoms with Crippen LogP contribution in [0.3, 0.4) is 0 Å². The van der Waals surface area contributed by atoms with E-state index in [9.17, 15) is 24.0 Å². The highest BCUT2D eigenvalue weighted by molar-refractivity contribution is 8.01. The monoisotopic (exact) mass is 602 g/mol. The fourth-order valence-electron chi connectivity index (χ4n) is 2.67. The number of hydrogen-bond donors (Lipinski definition) is 2. The zero-order valence-electron chi connectivity index (χ0n) is 23.2. The SMILES string of the molecule is C=C1CSCC(OC(=O)C(C)(COC(=O)NCCOC(=O)C(=C)C)COC(=O)NCCOC(=O)C(=C)C)CSC1. The minimum atomic E-state index is -1.53. The van der Waals surface area contributed by atoms with E-state index in [1.807, 2.05) is 0 Å². The van der Waals surface area contributed by atoms with Crippen LogP contribution in [-0.4, -0.2) is 98.7 Å². The lowest BCUT2D eigenvalue weighted by Crippen LogP contribution is -2.44. The molecule has 0 radical (unpaired) electrons. The van der Waals surface area contributed by atoms with Gasteiger partial charge in [-0.25, -0.2) is 19.2 Å². The standard InChI is InChI=1S/C26H38N2O10S2/c1-17(2)21(29)34-9-7-27-24(32)36-15-26(6,16-37-25(33)28-8-10-35-22(30)18(3)4)23(31)38-20-13-39-11-19(5)12-40-14-20/h20H,1,3,5,7-16H2,2,4,6H3,(H,27,32)(H,28,33). The lowest BCUT2D eigenvalue weighted by molar-refractivity contribution is -0.163. The second-order valence-corrected chi connectivity index (χ2v) is 11.3. The van der Waals surface area contributed by atoms with E-state index in [1.165, 1.54) is 20.8 Å². The first-order valence-corrected chi connectivity index (χ1v) is 14.6. The fourth-order valence-corrected chi connectivity index (χ4v) is 4.87. The van der Waals surface area contributed by atoms with Gasteiger partial charge in [-0.2, -0.15) is 23.5 Å². The Morgan fingerprint density at radius 3 is 1.65 bits per heavy atom. The third-order valence-electron chi connectivity index (χ3n) is 4.94. The summed E-state index contributed by atoms with van der Waals surface area (Å²) in [7, 11) is 0. The number of nitrogens with one attached hydrogen (secondary N) is 2. The second-order valence-electron chi connectivity index (χ2n) is 9.21. The Bertz CT molecular complexity index is 907. The van der Waals surface area contributed by atoms with Gasteiger partial charge in [-0.1, -0.05) is 25.3 Å². The molecule has 1 saturated heterocycles. The van der Waals surface area contributed by atoms with E-state index in [4.69, 9.17) is 23.7 Å². The Labute approximate surface area is 243 Å². The molecule has 0 aliphatic carbocycles. The maximum atomic E-state index is 13.2. The summed E-state index contributed by atoms with van der Waals surface area (Å²) in [6, 6.07) is 0. The van der Waals surface area contributed by atoms with E-state index in [2.05, 4.69) is 30.4 Å². The lowest BCUT2D eigenvalue weighted by Gasteiger charge is -2.29. The van der Waals surface area contributed by atoms with Crippen molar-refractivity contribution in [3.8, 4) is 0 Å². The number of thioether (sulfide) groups is 2. The Kier molecular flexibility index (Phi) is 15.9. The van der Waals surface area contributed by atoms with Gasteiger partial charge in [0.25, 0.3) is 0 Å². The third-order valence-corrected chi connectivity index (χ3v) is 7.38. The first-order chi connectivity index (χ1) is 18.8. The van der Waals surface area contributed by atoms with Gasteiger partial charge in [0, 0.05) is 34.2 Å². The molecule has 0 bridgehead atoms. The Morgan fingerprint density at radius 2 is 1.25 bits per heavy atom. The van der Waals surface area contributed by atoms with Gasteiger partial charge in [0.1, 0.15) is 37.9 Å². The number of alkyl carbamates (subject to hydrolysis) is 2. The third kappa shape index (κ3) is 14.3. The largest absolute Gasteiger partial charge is 0.460 e. The normalized spacial score (nSPS) is 14.0. The highest BCUT2D eigenvalue weighted by atomic mass is 32.2. The van der Waals surface area contributed by atoms with Crippen LogP contribution in [0.25, 0.3) is 0 Å². The Hall–Kier alpha value is -3.13. The first-order valence-electron chi connectivity index (χ1n) is 12.3. The van der Waals surface area contributed by atoms with Crippen molar-refractivity contribution in [2.45, 2.75) is 26.9 Å². The molecular weight excluding hydrogens is 564 g/mol. The molecule has 0 aromatic carbocycles. The number of esters is 3. The molecule has 2 amide bonds. The average Bonchev–Trinajstić information content (AvgIpc) is 2.89. The summed E-state index contributed by atoms with van der Waals surface area (Å²) in [5.41, 5.74) is 0.0150. The molecule has 0 saturated carbocycles. The zero-order valence-corrected chi connectivity index (χ0v) is 24.8. The summed E-state index contributed by atoms with van der Waals surface area (Å²) in [4.78, 5) is 60.4. The number of amides is 2. The van der Waals surface area contributed by atoms with Crippen LogP contribution < -0.4 is 10.6 Å². The minimum Gasteiger partial charge on any atom is -0.460 e. The summed E-state index contributed by atoms with van der Waals surface area (Å²) >= 11 is 3.20. The quantitative estimate of drug-likeness (QED) is 0.0987. The molecule has 1 aliphatic heterocycles. The van der Waals surface area contributed by atoms with E-state index in [0.717, 1.165) is 17.1 Å². The van der Waals surface area contributed by atoms with Gasteiger partial charge in [0.2, 0.25) is 0 Å². The Morgan fingerprint density at radius 1 is 0.825 bits per heavy atom. The molecule has 2 N–H and O–H groups in total. The molecule has 1 heterocycles. The van der Waals surface area contributed by atoms with Gasteiger partial charge >= 0.3 is 30.1 Å². The van der Waals surface area contributed by atoms with E-state index >= 15 is 0 Å². The summed E-state index contributed by atoms with van der Waals surface area (Å²) in [5.74, 6) is 0.742. The molecule has 0 atom stereocenters. The molecule has 0 aromatic heterocycles. The molecular formula is C26H38N2O10S2. The van der Waals surface area contributed by atoms with Crippen LogP contribution in [0.1, 0.15) is 20.8 Å². The smallest absolute Gasteiger partial charge is 0.407 e. The van der Waals surface area contributed by atoms with Crippen LogP contribution >= 0.6 is 23.5 Å². The van der Waals surface area contributed by atoms with Crippen LogP contribution in [-0.2, 0) is 38.1 Å². The van der Waals surface area contributed by atoms with Crippen LogP contribution in [0.5, 0.6) is 0 Å². The predicted molar refractivity (Wildman–Crippen MR) is 152 cm³/mol. The summed E-state index contributed by atoms with van der Waals surface area (Å²) in [5, 5.41) is 4.81. The van der Waals surface area contributed by atoms with Gasteiger partial charge in [-0.05, 0) is 20.8 Å². The summed E-state index contributed by atoms with van der Waals surface area (Å²) in [6.45, 7) is 14.2. The summed E-state index contributed by atoms with van der Waals surface area (Å²) in [6.07, 6.45) is -2.14. The van der Waals surface area contributed by atoms with Gasteiger partial charge in [0.15, 0.2) is 0 Å². The van der Waals surface area contributed by atoms with Gasteiger partial charge < -0.3 is 34.3 Å². The van der Waals surface area contributed by atoms with E-state index < -0.39 is 54.8 Å². The maximum absolute atomic E-state index is 13.2. The van der Waals surface area contributed by atoms with Crippen molar-refractivity contribution < 1.29 is 47.7 Å². The van der Waals surface area contributed by atoms with Crippen molar-refractivity contribution in [2.24, 2.45) is 5.41 Å². The van der Waals surface area contributed by atoms with E-state index in [0.29, 0.717) is 11.5 Å². The Balaban J connectivity index is 2.69. The number of ether oxygens (including phenoxy) is 5. The fraction of sp³-hybridized carbons (Fsp3) is 0.577. The zero-order chi connectivity index (χ0) is 30.1. The highest BCUT2D eigenvalue weighted by Crippen LogP contribution is 2.25. The van der Waals surface area contributed by atoms with E-state index in [-0.39, 0.29) is 37.4 Å². The molecule has 0 aromatic rings. The average molecular weight is 603 g/mol. The van der Waals surface area contributed by atoms with Gasteiger partial charge in [0.05, 0.1) is 13.1 Å². The molecule has 224 valence electrons. The van der Waals surface area contributed by atoms with Crippen LogP contribution in [0.15, 0.2) is 36.5 Å². The molecule has 1 rings (SSSR count). The van der Waals surface area contributed by atoms with Crippen molar-refractivity contribution in [2.75, 3.05) is 62.5 Å². The molecule has 1 fully saturated rings. The lowest BCUT2D eigenvalue weighted by atomic mass is 9.93. The number of carbonyl (C=O) groups is 5. The number of rotatable bonds is 14. The van der Waals surface area contributed by atoms with Crippen molar-refractivity contribution in [1.29, 1.82) is 0 Å². The second kappa shape index (κ2) is 18.3. The molecule has 14 heteroatoms. The number of hydrogen-bond acceptors (Lipinski definition) is 12. The van der Waals surface area contributed by atoms with Crippen molar-refractivity contribution in [3.63, 3.8) is 0 Å².